The number of pyridine rings is 1. The number of hydrogen-bond acceptors (Lipinski definition) is 5. The normalized spacial score (nSPS) is 16.2. The van der Waals surface area contributed by atoms with Crippen LogP contribution in [0.15, 0.2) is 36.5 Å². The third-order valence-corrected chi connectivity index (χ3v) is 6.62. The van der Waals surface area contributed by atoms with Crippen molar-refractivity contribution < 1.29 is 4.79 Å². The maximum Gasteiger partial charge on any atom is 0.253 e. The second-order valence-corrected chi connectivity index (χ2v) is 9.32. The fourth-order valence-electron chi connectivity index (χ4n) is 4.68. The van der Waals surface area contributed by atoms with Gasteiger partial charge in [-0.3, -0.25) is 14.7 Å². The van der Waals surface area contributed by atoms with Crippen LogP contribution in [-0.2, 0) is 13.0 Å². The summed E-state index contributed by atoms with van der Waals surface area (Å²) in [7, 11) is 5.88. The number of aromatic amines is 1. The van der Waals surface area contributed by atoms with Crippen LogP contribution >= 0.6 is 0 Å². The zero-order valence-corrected chi connectivity index (χ0v) is 20.3. The monoisotopic (exact) mass is 448 g/mol. The highest BCUT2D eigenvalue weighted by molar-refractivity contribution is 5.97. The van der Waals surface area contributed by atoms with Crippen LogP contribution in [0.4, 0.5) is 0 Å². The van der Waals surface area contributed by atoms with Gasteiger partial charge in [-0.2, -0.15) is 0 Å². The van der Waals surface area contributed by atoms with Gasteiger partial charge >= 0.3 is 0 Å². The molecular formula is C26H36N6O. The van der Waals surface area contributed by atoms with Crippen molar-refractivity contribution in [2.45, 2.75) is 45.2 Å². The lowest BCUT2D eigenvalue weighted by atomic mass is 10.0. The summed E-state index contributed by atoms with van der Waals surface area (Å²) in [6, 6.07) is 10.3. The Morgan fingerprint density at radius 3 is 2.79 bits per heavy atom. The Hall–Kier alpha value is -2.77. The lowest BCUT2D eigenvalue weighted by molar-refractivity contribution is 0.0786. The number of likely N-dealkylation sites (N-methyl/N-ethyl adjacent to an activating group) is 2. The third kappa shape index (κ3) is 5.42. The predicted molar refractivity (Wildman–Crippen MR) is 132 cm³/mol. The van der Waals surface area contributed by atoms with Gasteiger partial charge in [0.25, 0.3) is 5.91 Å². The molecule has 0 spiro atoms. The second kappa shape index (κ2) is 10.4. The van der Waals surface area contributed by atoms with E-state index in [1.807, 2.05) is 51.6 Å². The van der Waals surface area contributed by atoms with E-state index in [9.17, 15) is 4.79 Å². The number of hydrogen-bond donors (Lipinski definition) is 1. The number of benzene rings is 1. The minimum Gasteiger partial charge on any atom is -0.341 e. The van der Waals surface area contributed by atoms with Gasteiger partial charge in [-0.15, -0.1) is 0 Å². The number of nitrogens with zero attached hydrogens (tertiary/aromatic N) is 5. The fraction of sp³-hybridized carbons (Fsp3) is 0.500. The molecule has 0 radical (unpaired) electrons. The van der Waals surface area contributed by atoms with Crippen molar-refractivity contribution >= 4 is 16.9 Å². The molecule has 4 rings (SSSR count). The Labute approximate surface area is 196 Å². The molecule has 1 aliphatic rings. The van der Waals surface area contributed by atoms with Crippen LogP contribution in [0.5, 0.6) is 0 Å². The van der Waals surface area contributed by atoms with Crippen LogP contribution < -0.4 is 0 Å². The number of rotatable bonds is 8. The van der Waals surface area contributed by atoms with Crippen molar-refractivity contribution in [2.24, 2.45) is 0 Å². The zero-order chi connectivity index (χ0) is 23.4. The molecule has 1 aromatic carbocycles. The van der Waals surface area contributed by atoms with Gasteiger partial charge in [-0.1, -0.05) is 19.4 Å². The molecule has 1 aliphatic carbocycles. The van der Waals surface area contributed by atoms with Crippen LogP contribution in [0.3, 0.4) is 0 Å². The predicted octanol–water partition coefficient (Wildman–Crippen LogP) is 3.88. The van der Waals surface area contributed by atoms with E-state index in [1.165, 1.54) is 24.1 Å². The van der Waals surface area contributed by atoms with Gasteiger partial charge in [-0.25, -0.2) is 4.98 Å². The van der Waals surface area contributed by atoms with Crippen molar-refractivity contribution in [2.75, 3.05) is 40.8 Å². The molecule has 7 nitrogen and oxygen atoms in total. The number of carbonyl (C=O) groups is 1. The number of imidazole rings is 1. The minimum atomic E-state index is 0.0335. The summed E-state index contributed by atoms with van der Waals surface area (Å²) in [6.07, 6.45) is 6.58. The average molecular weight is 449 g/mol. The van der Waals surface area contributed by atoms with Gasteiger partial charge in [0.1, 0.15) is 5.82 Å². The van der Waals surface area contributed by atoms with E-state index in [-0.39, 0.29) is 5.91 Å². The number of aromatic nitrogens is 3. The summed E-state index contributed by atoms with van der Waals surface area (Å²) < 4.78 is 0. The van der Waals surface area contributed by atoms with Gasteiger partial charge in [0.15, 0.2) is 0 Å². The summed E-state index contributed by atoms with van der Waals surface area (Å²) in [5, 5.41) is 0. The number of amides is 1. The van der Waals surface area contributed by atoms with E-state index in [1.54, 1.807) is 4.90 Å². The first-order valence-corrected chi connectivity index (χ1v) is 12.0. The van der Waals surface area contributed by atoms with E-state index in [2.05, 4.69) is 27.8 Å². The largest absolute Gasteiger partial charge is 0.341 e. The van der Waals surface area contributed by atoms with Crippen LogP contribution in [-0.4, -0.2) is 76.3 Å². The Morgan fingerprint density at radius 1 is 1.15 bits per heavy atom. The highest BCUT2D eigenvalue weighted by Gasteiger charge is 2.26. The van der Waals surface area contributed by atoms with Crippen LogP contribution in [0.2, 0.25) is 0 Å². The van der Waals surface area contributed by atoms with E-state index < -0.39 is 0 Å². The number of aryl methyl sites for hydroxylation is 1. The van der Waals surface area contributed by atoms with Gasteiger partial charge < -0.3 is 14.8 Å². The smallest absolute Gasteiger partial charge is 0.253 e. The van der Waals surface area contributed by atoms with Crippen LogP contribution in [0.1, 0.15) is 59.7 Å². The molecule has 1 unspecified atom stereocenters. The van der Waals surface area contributed by atoms with E-state index in [0.29, 0.717) is 18.2 Å². The number of fused-ring (bicyclic) bond motifs is 2. The minimum absolute atomic E-state index is 0.0335. The molecule has 2 aromatic heterocycles. The summed E-state index contributed by atoms with van der Waals surface area (Å²) >= 11 is 0. The third-order valence-electron chi connectivity index (χ3n) is 6.62. The van der Waals surface area contributed by atoms with Gasteiger partial charge in [-0.05, 0) is 69.7 Å². The van der Waals surface area contributed by atoms with Crippen LogP contribution in [0, 0.1) is 0 Å². The highest BCUT2D eigenvalue weighted by Crippen LogP contribution is 2.32. The SMILES string of the molecule is CCN(Cc1nc2ccc(C(=O)N(C)CCN(C)C)cc2[nH]1)C1CCCCc2cccnc21. The number of H-pyrrole nitrogens is 1. The molecule has 1 amide bonds. The highest BCUT2D eigenvalue weighted by atomic mass is 16.2. The van der Waals surface area contributed by atoms with Crippen molar-refractivity contribution in [1.29, 1.82) is 0 Å². The lowest BCUT2D eigenvalue weighted by Crippen LogP contribution is -2.33. The summed E-state index contributed by atoms with van der Waals surface area (Å²) in [5.74, 6) is 0.963. The molecule has 2 heterocycles. The quantitative estimate of drug-likeness (QED) is 0.530. The van der Waals surface area contributed by atoms with Gasteiger partial charge in [0.2, 0.25) is 0 Å². The lowest BCUT2D eigenvalue weighted by Gasteiger charge is -2.29. The van der Waals surface area contributed by atoms with Gasteiger partial charge in [0.05, 0.1) is 29.3 Å². The molecule has 0 saturated carbocycles. The molecule has 0 saturated heterocycles. The number of nitrogens with one attached hydrogen (secondary N) is 1. The Balaban J connectivity index is 1.52. The topological polar surface area (TPSA) is 68.4 Å². The Kier molecular flexibility index (Phi) is 7.40. The molecule has 33 heavy (non-hydrogen) atoms. The van der Waals surface area contributed by atoms with Crippen molar-refractivity contribution in [1.82, 2.24) is 29.7 Å². The molecule has 0 fully saturated rings. The molecular weight excluding hydrogens is 412 g/mol. The first-order chi connectivity index (χ1) is 16.0. The standard InChI is InChI=1S/C26H36N6O/c1-5-32(23-11-7-6-9-19-10-8-14-27-25(19)23)18-24-28-21-13-12-20(17-22(21)29-24)26(33)31(4)16-15-30(2)3/h8,10,12-14,17,23H,5-7,9,11,15-16,18H2,1-4H3,(H,28,29). The first kappa shape index (κ1) is 23.4. The maximum atomic E-state index is 12.8. The average Bonchev–Trinajstić information content (AvgIpc) is 3.10. The molecule has 176 valence electrons. The van der Waals surface area contributed by atoms with E-state index >= 15 is 0 Å². The Bertz CT molecular complexity index is 1090. The molecule has 0 bridgehead atoms. The van der Waals surface area contributed by atoms with Crippen molar-refractivity contribution in [3.8, 4) is 0 Å². The molecule has 3 aromatic rings. The second-order valence-electron chi connectivity index (χ2n) is 9.32. The van der Waals surface area contributed by atoms with Crippen molar-refractivity contribution in [3.05, 3.63) is 59.2 Å². The van der Waals surface area contributed by atoms with Crippen molar-refractivity contribution in [3.63, 3.8) is 0 Å². The maximum absolute atomic E-state index is 12.8. The van der Waals surface area contributed by atoms with E-state index in [4.69, 9.17) is 9.97 Å². The van der Waals surface area contributed by atoms with Gasteiger partial charge in [0, 0.05) is 31.9 Å². The summed E-state index contributed by atoms with van der Waals surface area (Å²) in [4.78, 5) is 32.2. The molecule has 1 N–H and O–H groups in total. The summed E-state index contributed by atoms with van der Waals surface area (Å²) in [6.45, 7) is 5.40. The molecule has 7 heteroatoms. The molecule has 0 aliphatic heterocycles. The first-order valence-electron chi connectivity index (χ1n) is 12.0. The molecule has 1 atom stereocenters. The van der Waals surface area contributed by atoms with E-state index in [0.717, 1.165) is 49.3 Å². The summed E-state index contributed by atoms with van der Waals surface area (Å²) in [5.41, 5.74) is 5.10. The van der Waals surface area contributed by atoms with Crippen LogP contribution in [0.25, 0.3) is 11.0 Å². The Morgan fingerprint density at radius 2 is 2.00 bits per heavy atom. The fourth-order valence-corrected chi connectivity index (χ4v) is 4.68. The zero-order valence-electron chi connectivity index (χ0n) is 20.3. The number of carbonyl (C=O) groups excluding carboxylic acids is 1.